The number of hydrogen-bond acceptors (Lipinski definition) is 6. The van der Waals surface area contributed by atoms with Crippen molar-refractivity contribution >= 4 is 29.5 Å². The van der Waals surface area contributed by atoms with Crippen LogP contribution in [0.3, 0.4) is 0 Å². The minimum atomic E-state index is -8.02. The van der Waals surface area contributed by atoms with Gasteiger partial charge < -0.3 is 0 Å². The van der Waals surface area contributed by atoms with Gasteiger partial charge in [-0.3, -0.25) is 0 Å². The average Bonchev–Trinajstić information content (AvgIpc) is 2.47. The molecule has 1 aromatic carbocycles. The van der Waals surface area contributed by atoms with Crippen LogP contribution >= 0.6 is 0 Å². The number of benzene rings is 1. The molecule has 0 radical (unpaired) electrons. The Balaban J connectivity index is 4.27. The average molecular weight is 510 g/mol. The van der Waals surface area contributed by atoms with Crippen LogP contribution in [0.2, 0.25) is 0 Å². The summed E-state index contributed by atoms with van der Waals surface area (Å²) in [5.41, 5.74) is -14.2. The second kappa shape index (κ2) is 6.93. The number of sulfone groups is 3. The van der Waals surface area contributed by atoms with Gasteiger partial charge in [0.05, 0.1) is 0 Å². The van der Waals surface area contributed by atoms with Gasteiger partial charge in [-0.1, -0.05) is 0 Å². The lowest BCUT2D eigenvalue weighted by Gasteiger charge is -2.21. The Labute approximate surface area is 152 Å². The third kappa shape index (κ3) is 3.76. The molecule has 0 aliphatic rings. The Morgan fingerprint density at radius 1 is 0.517 bits per heavy atom. The van der Waals surface area contributed by atoms with Gasteiger partial charge in [0, 0.05) is 0 Å². The zero-order valence-corrected chi connectivity index (χ0v) is 14.9. The molecule has 6 nitrogen and oxygen atoms in total. The highest BCUT2D eigenvalue weighted by Crippen LogP contribution is 2.42. The molecule has 0 saturated heterocycles. The van der Waals surface area contributed by atoms with E-state index in [9.17, 15) is 73.5 Å². The summed E-state index contributed by atoms with van der Waals surface area (Å²) in [7, 11) is -23.7. The van der Waals surface area contributed by atoms with Crippen molar-refractivity contribution in [3.05, 3.63) is 29.1 Å². The first kappa shape index (κ1) is 25.3. The van der Waals surface area contributed by atoms with Crippen LogP contribution in [-0.2, 0) is 29.5 Å². The maximum absolute atomic E-state index is 13.6. The SMILES string of the molecule is O=S(=O)(c1c(F)c(F)c(F)c(F)c1F)C(S(=O)(=O)C(F)(F)F)S(=O)(=O)C(F)(F)F. The molecule has 0 heterocycles. The highest BCUT2D eigenvalue weighted by atomic mass is 32.3. The molecule has 0 aliphatic heterocycles. The summed E-state index contributed by atoms with van der Waals surface area (Å²) in [5, 5.41) is 0. The largest absolute Gasteiger partial charge is 0.499 e. The van der Waals surface area contributed by atoms with Crippen LogP contribution in [0, 0.1) is 29.1 Å². The Kier molecular flexibility index (Phi) is 6.05. The second-order valence-electron chi connectivity index (χ2n) is 4.71. The fraction of sp³-hybridized carbons (Fsp3) is 0.333. The number of hydrogen-bond donors (Lipinski definition) is 0. The second-order valence-corrected chi connectivity index (χ2v) is 11.6. The fourth-order valence-corrected chi connectivity index (χ4v) is 8.85. The fourth-order valence-electron chi connectivity index (χ4n) is 1.65. The van der Waals surface area contributed by atoms with E-state index in [1.54, 1.807) is 0 Å². The van der Waals surface area contributed by atoms with Crippen LogP contribution in [0.25, 0.3) is 0 Å². The number of alkyl halides is 6. The summed E-state index contributed by atoms with van der Waals surface area (Å²) >= 11 is 0. The van der Waals surface area contributed by atoms with Gasteiger partial charge in [0.15, 0.2) is 23.3 Å². The summed E-state index contributed by atoms with van der Waals surface area (Å²) in [6, 6.07) is 0. The van der Waals surface area contributed by atoms with Crippen LogP contribution in [-0.4, -0.2) is 40.2 Å². The molecule has 0 unspecified atom stereocenters. The van der Waals surface area contributed by atoms with E-state index in [4.69, 9.17) is 0 Å². The van der Waals surface area contributed by atoms with Crippen molar-refractivity contribution < 1.29 is 73.5 Å². The molecule has 1 rings (SSSR count). The molecule has 0 saturated carbocycles. The van der Waals surface area contributed by atoms with Gasteiger partial charge in [-0.2, -0.15) is 26.3 Å². The zero-order chi connectivity index (χ0) is 23.5. The van der Waals surface area contributed by atoms with Crippen LogP contribution in [0.15, 0.2) is 4.90 Å². The lowest BCUT2D eigenvalue weighted by molar-refractivity contribution is -0.0462. The van der Waals surface area contributed by atoms with E-state index < -0.39 is 78.4 Å². The summed E-state index contributed by atoms with van der Waals surface area (Å²) in [5.74, 6) is -16.8. The normalized spacial score (nSPS) is 14.5. The lowest BCUT2D eigenvalue weighted by Crippen LogP contribution is -2.49. The molecule has 0 bridgehead atoms. The Morgan fingerprint density at radius 2 is 0.759 bits per heavy atom. The summed E-state index contributed by atoms with van der Waals surface area (Å²) in [6.07, 6.45) is 0. The highest BCUT2D eigenvalue weighted by Gasteiger charge is 2.69. The van der Waals surface area contributed by atoms with Gasteiger partial charge in [-0.05, 0) is 0 Å². The Bertz CT molecular complexity index is 1090. The van der Waals surface area contributed by atoms with Crippen molar-refractivity contribution in [3.63, 3.8) is 0 Å². The smallest absolute Gasteiger partial charge is 0.221 e. The Morgan fingerprint density at radius 3 is 1.00 bits per heavy atom. The van der Waals surface area contributed by atoms with Crippen molar-refractivity contribution in [2.45, 2.75) is 19.8 Å². The van der Waals surface area contributed by atoms with Crippen molar-refractivity contribution in [2.24, 2.45) is 0 Å². The van der Waals surface area contributed by atoms with Crippen molar-refractivity contribution in [1.29, 1.82) is 0 Å². The van der Waals surface area contributed by atoms with Gasteiger partial charge in [0.25, 0.3) is 23.6 Å². The lowest BCUT2D eigenvalue weighted by atomic mass is 10.3. The minimum Gasteiger partial charge on any atom is -0.221 e. The van der Waals surface area contributed by atoms with E-state index in [-0.39, 0.29) is 0 Å². The van der Waals surface area contributed by atoms with E-state index >= 15 is 0 Å². The van der Waals surface area contributed by atoms with Crippen LogP contribution in [0.1, 0.15) is 0 Å². The first-order chi connectivity index (χ1) is 12.5. The van der Waals surface area contributed by atoms with Gasteiger partial charge in [-0.15, -0.1) is 0 Å². The monoisotopic (exact) mass is 510 g/mol. The van der Waals surface area contributed by atoms with Crippen molar-refractivity contribution in [2.75, 3.05) is 0 Å². The third-order valence-corrected chi connectivity index (χ3v) is 11.2. The van der Waals surface area contributed by atoms with Crippen molar-refractivity contribution in [1.82, 2.24) is 0 Å². The third-order valence-electron chi connectivity index (χ3n) is 2.86. The van der Waals surface area contributed by atoms with Crippen LogP contribution in [0.4, 0.5) is 48.3 Å². The topological polar surface area (TPSA) is 102 Å². The maximum atomic E-state index is 13.6. The molecule has 0 N–H and O–H groups in total. The first-order valence-corrected chi connectivity index (χ1v) is 10.5. The molecule has 0 amide bonds. The highest BCUT2D eigenvalue weighted by molar-refractivity contribution is 8.24. The van der Waals surface area contributed by atoms with Crippen LogP contribution in [0.5, 0.6) is 0 Å². The zero-order valence-electron chi connectivity index (χ0n) is 12.4. The molecular formula is C9HF11O6S3. The summed E-state index contributed by atoms with van der Waals surface area (Å²) in [6.45, 7) is 0. The quantitative estimate of drug-likeness (QED) is 0.267. The molecule has 0 aliphatic carbocycles. The van der Waals surface area contributed by atoms with Gasteiger partial charge in [0.1, 0.15) is 4.90 Å². The summed E-state index contributed by atoms with van der Waals surface area (Å²) < 4.78 is 205. The molecule has 0 atom stereocenters. The molecule has 29 heavy (non-hydrogen) atoms. The molecule has 1 aromatic rings. The van der Waals surface area contributed by atoms with E-state index in [1.165, 1.54) is 0 Å². The van der Waals surface area contributed by atoms with E-state index in [0.29, 0.717) is 0 Å². The number of rotatable bonds is 4. The minimum absolute atomic E-state index is 3.13. The molecule has 168 valence electrons. The predicted octanol–water partition coefficient (Wildman–Crippen LogP) is 2.31. The first-order valence-electron chi connectivity index (χ1n) is 5.90. The van der Waals surface area contributed by atoms with Gasteiger partial charge in [-0.25, -0.2) is 47.2 Å². The van der Waals surface area contributed by atoms with Gasteiger partial charge >= 0.3 is 11.0 Å². The number of halogens is 11. The molecular weight excluding hydrogens is 509 g/mol. The van der Waals surface area contributed by atoms with Crippen LogP contribution < -0.4 is 0 Å². The molecule has 0 aromatic heterocycles. The molecule has 20 heteroatoms. The van der Waals surface area contributed by atoms with E-state index in [1.807, 2.05) is 0 Å². The van der Waals surface area contributed by atoms with E-state index in [0.717, 1.165) is 0 Å². The Hall–Kier alpha value is -1.70. The summed E-state index contributed by atoms with van der Waals surface area (Å²) in [4.78, 5) is -3.53. The van der Waals surface area contributed by atoms with Crippen molar-refractivity contribution in [3.8, 4) is 0 Å². The van der Waals surface area contributed by atoms with Gasteiger partial charge in [0.2, 0.25) is 15.7 Å². The van der Waals surface area contributed by atoms with E-state index in [2.05, 4.69) is 0 Å². The maximum Gasteiger partial charge on any atom is 0.499 e. The molecule has 0 spiro atoms. The molecule has 0 fully saturated rings. The predicted molar refractivity (Wildman–Crippen MR) is 67.2 cm³/mol. The standard InChI is InChI=1S/C9HF11O6S3/c10-1-2(11)4(13)6(5(14)3(1)12)27(21,22)7(28(23,24)8(15,16)17)29(25,26)9(18,19)20/h7H.